The molecule has 2 aromatic carbocycles. The quantitative estimate of drug-likeness (QED) is 0.406. The van der Waals surface area contributed by atoms with Gasteiger partial charge in [-0.3, -0.25) is 4.79 Å². The number of carbonyl (C=O) groups excluding carboxylic acids is 1. The van der Waals surface area contributed by atoms with Crippen LogP contribution in [-0.2, 0) is 0 Å². The summed E-state index contributed by atoms with van der Waals surface area (Å²) in [6.45, 7) is 0. The van der Waals surface area contributed by atoms with Crippen molar-refractivity contribution in [2.75, 3.05) is 5.75 Å². The Morgan fingerprint density at radius 3 is 2.42 bits per heavy atom. The number of benzene rings is 2. The molecule has 0 N–H and O–H groups in total. The average molecular weight is 490 g/mol. The number of rotatable bonds is 5. The lowest BCUT2D eigenvalue weighted by Crippen LogP contribution is -3.00. The number of aromatic nitrogens is 2. The van der Waals surface area contributed by atoms with E-state index in [2.05, 4.69) is 26.1 Å². The van der Waals surface area contributed by atoms with E-state index in [1.807, 2.05) is 24.3 Å². The first kappa shape index (κ1) is 19.2. The molecule has 124 valence electrons. The molecule has 0 aliphatic rings. The Morgan fingerprint density at radius 2 is 1.75 bits per heavy atom. The Hall–Kier alpha value is -1.15. The highest BCUT2D eigenvalue weighted by molar-refractivity contribution is 9.10. The van der Waals surface area contributed by atoms with E-state index in [4.69, 9.17) is 16.0 Å². The van der Waals surface area contributed by atoms with Crippen LogP contribution in [-0.4, -0.2) is 21.7 Å². The highest BCUT2D eigenvalue weighted by atomic mass is 79.9. The zero-order valence-corrected chi connectivity index (χ0v) is 16.8. The van der Waals surface area contributed by atoms with Gasteiger partial charge in [0.05, 0.1) is 5.75 Å². The molecule has 0 unspecified atom stereocenters. The summed E-state index contributed by atoms with van der Waals surface area (Å²) in [4.78, 5) is 12.1. The van der Waals surface area contributed by atoms with Crippen molar-refractivity contribution in [2.24, 2.45) is 0 Å². The third-order valence-electron chi connectivity index (χ3n) is 2.99. The van der Waals surface area contributed by atoms with Gasteiger partial charge in [0.15, 0.2) is 5.78 Å². The minimum Gasteiger partial charge on any atom is -1.00 e. The second-order valence-electron chi connectivity index (χ2n) is 4.60. The molecule has 8 heteroatoms. The van der Waals surface area contributed by atoms with Crippen molar-refractivity contribution < 1.29 is 26.2 Å². The van der Waals surface area contributed by atoms with Crippen LogP contribution in [0.1, 0.15) is 10.4 Å². The average Bonchev–Trinajstić information content (AvgIpc) is 3.03. The summed E-state index contributed by atoms with van der Waals surface area (Å²) < 4.78 is 6.54. The van der Waals surface area contributed by atoms with Gasteiger partial charge in [0.1, 0.15) is 0 Å². The van der Waals surface area contributed by atoms with E-state index < -0.39 is 0 Å². The van der Waals surface area contributed by atoms with Gasteiger partial charge in [0.25, 0.3) is 5.22 Å². The summed E-state index contributed by atoms with van der Waals surface area (Å²) in [5, 5.41) is 8.92. The third-order valence-corrected chi connectivity index (χ3v) is 4.59. The van der Waals surface area contributed by atoms with Gasteiger partial charge in [-0.2, -0.15) is 0 Å². The summed E-state index contributed by atoms with van der Waals surface area (Å²) in [5.41, 5.74) is 1.44. The number of halogens is 3. The zero-order valence-electron chi connectivity index (χ0n) is 12.1. The molecule has 0 fully saturated rings. The van der Waals surface area contributed by atoms with Crippen molar-refractivity contribution in [1.29, 1.82) is 0 Å². The lowest BCUT2D eigenvalue weighted by Gasteiger charge is -1.99. The molecule has 1 aromatic heterocycles. The zero-order chi connectivity index (χ0) is 16.2. The van der Waals surface area contributed by atoms with Gasteiger partial charge in [-0.15, -0.1) is 10.2 Å². The van der Waals surface area contributed by atoms with Crippen LogP contribution in [0.15, 0.2) is 62.6 Å². The first-order valence-corrected chi connectivity index (χ1v) is 8.78. The molecule has 0 radical (unpaired) electrons. The van der Waals surface area contributed by atoms with Crippen LogP contribution in [0.3, 0.4) is 0 Å². The summed E-state index contributed by atoms with van der Waals surface area (Å²) >= 11 is 10.4. The molecule has 0 amide bonds. The SMILES string of the molecule is O=C(CSc1nnc(-c2ccc(Br)cc2)o1)c1ccc(Cl)cc1.[Br-]. The number of carbonyl (C=O) groups is 1. The maximum atomic E-state index is 12.1. The molecule has 0 saturated heterocycles. The van der Waals surface area contributed by atoms with Crippen LogP contribution < -0.4 is 17.0 Å². The molecule has 0 aliphatic heterocycles. The van der Waals surface area contributed by atoms with Gasteiger partial charge in [-0.1, -0.05) is 39.3 Å². The lowest BCUT2D eigenvalue weighted by molar-refractivity contribution is -0.0000126. The number of Topliss-reactive ketones (excluding diaryl/α,β-unsaturated/α-hetero) is 1. The molecule has 3 rings (SSSR count). The Kier molecular flexibility index (Phi) is 7.03. The Labute approximate surface area is 166 Å². The van der Waals surface area contributed by atoms with Crippen LogP contribution in [0.25, 0.3) is 11.5 Å². The highest BCUT2D eigenvalue weighted by Gasteiger charge is 2.12. The molecule has 4 nitrogen and oxygen atoms in total. The Bertz CT molecular complexity index is 823. The molecule has 0 bridgehead atoms. The maximum Gasteiger partial charge on any atom is 0.277 e. The second kappa shape index (κ2) is 8.80. The van der Waals surface area contributed by atoms with E-state index in [1.165, 1.54) is 11.8 Å². The predicted molar refractivity (Wildman–Crippen MR) is 93.9 cm³/mol. The van der Waals surface area contributed by atoms with Crippen LogP contribution in [0.4, 0.5) is 0 Å². The summed E-state index contributed by atoms with van der Waals surface area (Å²) in [7, 11) is 0. The van der Waals surface area contributed by atoms with Crippen molar-refractivity contribution in [1.82, 2.24) is 10.2 Å². The first-order chi connectivity index (χ1) is 11.1. The van der Waals surface area contributed by atoms with Crippen molar-refractivity contribution >= 4 is 45.1 Å². The maximum absolute atomic E-state index is 12.1. The second-order valence-corrected chi connectivity index (χ2v) is 6.88. The van der Waals surface area contributed by atoms with Crippen molar-refractivity contribution in [3.63, 3.8) is 0 Å². The Balaban J connectivity index is 0.00000208. The molecule has 0 spiro atoms. The smallest absolute Gasteiger partial charge is 0.277 e. The molecule has 3 aromatic rings. The minimum atomic E-state index is -0.0185. The Morgan fingerprint density at radius 1 is 1.08 bits per heavy atom. The standard InChI is InChI=1S/C16H10BrClN2O2S.BrH/c17-12-5-1-11(2-6-12)15-19-20-16(22-15)23-9-14(21)10-3-7-13(18)8-4-10;/h1-8H,9H2;1H/p-1. The van der Waals surface area contributed by atoms with Crippen molar-refractivity contribution in [2.45, 2.75) is 5.22 Å². The van der Waals surface area contributed by atoms with Crippen LogP contribution >= 0.6 is 39.3 Å². The fourth-order valence-electron chi connectivity index (χ4n) is 1.82. The number of hydrogen-bond donors (Lipinski definition) is 0. The largest absolute Gasteiger partial charge is 1.00 e. The number of nitrogens with zero attached hydrogens (tertiary/aromatic N) is 2. The monoisotopic (exact) mass is 487 g/mol. The van der Waals surface area contributed by atoms with Gasteiger partial charge in [0.2, 0.25) is 5.89 Å². The number of ketones is 1. The van der Waals surface area contributed by atoms with Gasteiger partial charge < -0.3 is 21.4 Å². The van der Waals surface area contributed by atoms with E-state index in [0.29, 0.717) is 21.7 Å². The van der Waals surface area contributed by atoms with Crippen LogP contribution in [0.2, 0.25) is 5.02 Å². The third kappa shape index (κ3) is 4.92. The molecular formula is C16H10Br2ClN2O2S-. The molecule has 0 aliphatic carbocycles. The molecule has 24 heavy (non-hydrogen) atoms. The van der Waals surface area contributed by atoms with Crippen LogP contribution in [0.5, 0.6) is 0 Å². The summed E-state index contributed by atoms with van der Waals surface area (Å²) in [6, 6.07) is 14.3. The number of hydrogen-bond acceptors (Lipinski definition) is 5. The topological polar surface area (TPSA) is 56.0 Å². The molecule has 0 atom stereocenters. The van der Waals surface area contributed by atoms with Gasteiger partial charge >= 0.3 is 0 Å². The van der Waals surface area contributed by atoms with E-state index in [1.54, 1.807) is 24.3 Å². The van der Waals surface area contributed by atoms with Crippen molar-refractivity contribution in [3.05, 3.63) is 63.6 Å². The van der Waals surface area contributed by atoms with E-state index >= 15 is 0 Å². The fraction of sp³-hybridized carbons (Fsp3) is 0.0625. The highest BCUT2D eigenvalue weighted by Crippen LogP contribution is 2.25. The predicted octanol–water partition coefficient (Wildman–Crippen LogP) is 2.13. The first-order valence-electron chi connectivity index (χ1n) is 6.63. The lowest BCUT2D eigenvalue weighted by atomic mass is 10.1. The minimum absolute atomic E-state index is 0. The summed E-state index contributed by atoms with van der Waals surface area (Å²) in [5.74, 6) is 0.637. The fourth-order valence-corrected chi connectivity index (χ4v) is 2.87. The van der Waals surface area contributed by atoms with Crippen molar-refractivity contribution in [3.8, 4) is 11.5 Å². The molecular weight excluding hydrogens is 480 g/mol. The van der Waals surface area contributed by atoms with Gasteiger partial charge in [-0.05, 0) is 48.5 Å². The summed E-state index contributed by atoms with van der Waals surface area (Å²) in [6.07, 6.45) is 0. The normalized spacial score (nSPS) is 10.2. The van der Waals surface area contributed by atoms with Gasteiger partial charge in [-0.25, -0.2) is 0 Å². The number of thioether (sulfide) groups is 1. The molecule has 1 heterocycles. The van der Waals surface area contributed by atoms with Gasteiger partial charge in [0, 0.05) is 20.6 Å². The van der Waals surface area contributed by atoms with E-state index in [0.717, 1.165) is 10.0 Å². The molecule has 0 saturated carbocycles. The van der Waals surface area contributed by atoms with E-state index in [-0.39, 0.29) is 28.5 Å². The van der Waals surface area contributed by atoms with Crippen LogP contribution in [0, 0.1) is 0 Å². The van der Waals surface area contributed by atoms with E-state index in [9.17, 15) is 4.79 Å².